The molecule has 8 heteroatoms. The molecule has 148 valence electrons. The Morgan fingerprint density at radius 1 is 0.857 bits per heavy atom. The molecule has 0 N–H and O–H groups in total. The van der Waals surface area contributed by atoms with E-state index in [0.29, 0.717) is 53.3 Å². The molecule has 1 heterocycles. The number of nitrogens with zero attached hydrogens (tertiary/aromatic N) is 2. The number of carbonyl (C=O) groups excluding carboxylic acids is 2. The zero-order valence-corrected chi connectivity index (χ0v) is 17.2. The van der Waals surface area contributed by atoms with Crippen molar-refractivity contribution in [3.63, 3.8) is 0 Å². The minimum absolute atomic E-state index is 0.136. The molecule has 0 atom stereocenters. The fourth-order valence-electron chi connectivity index (χ4n) is 3.08. The van der Waals surface area contributed by atoms with Crippen molar-refractivity contribution in [3.8, 4) is 11.5 Å². The van der Waals surface area contributed by atoms with E-state index in [9.17, 15) is 14.0 Å². The van der Waals surface area contributed by atoms with Crippen molar-refractivity contribution in [1.29, 1.82) is 0 Å². The van der Waals surface area contributed by atoms with Crippen LogP contribution in [-0.2, 0) is 0 Å². The highest BCUT2D eigenvalue weighted by molar-refractivity contribution is 9.10. The van der Waals surface area contributed by atoms with E-state index < -0.39 is 5.82 Å². The van der Waals surface area contributed by atoms with Crippen LogP contribution in [0.1, 0.15) is 20.7 Å². The lowest BCUT2D eigenvalue weighted by Gasteiger charge is -2.35. The summed E-state index contributed by atoms with van der Waals surface area (Å²) in [6, 6.07) is 9.33. The number of amides is 2. The lowest BCUT2D eigenvalue weighted by Crippen LogP contribution is -2.50. The predicted molar refractivity (Wildman–Crippen MR) is 105 cm³/mol. The van der Waals surface area contributed by atoms with Crippen molar-refractivity contribution >= 4 is 27.7 Å². The number of halogens is 2. The third-order valence-corrected chi connectivity index (χ3v) is 5.29. The first kappa shape index (κ1) is 20.1. The van der Waals surface area contributed by atoms with Crippen molar-refractivity contribution in [2.45, 2.75) is 0 Å². The molecule has 2 aromatic rings. The molecule has 1 fully saturated rings. The Morgan fingerprint density at radius 3 is 1.86 bits per heavy atom. The Bertz CT molecular complexity index is 898. The molecular weight excluding hydrogens is 431 g/mol. The Morgan fingerprint density at radius 2 is 1.36 bits per heavy atom. The topological polar surface area (TPSA) is 59.1 Å². The number of hydrogen-bond donors (Lipinski definition) is 0. The van der Waals surface area contributed by atoms with E-state index in [4.69, 9.17) is 9.47 Å². The van der Waals surface area contributed by atoms with Gasteiger partial charge in [0.2, 0.25) is 0 Å². The van der Waals surface area contributed by atoms with Gasteiger partial charge in [-0.15, -0.1) is 0 Å². The fourth-order valence-corrected chi connectivity index (χ4v) is 3.32. The smallest absolute Gasteiger partial charge is 0.254 e. The molecule has 3 rings (SSSR count). The summed E-state index contributed by atoms with van der Waals surface area (Å²) in [7, 11) is 3.05. The number of methoxy groups -OCH3 is 2. The van der Waals surface area contributed by atoms with Crippen LogP contribution >= 0.6 is 15.9 Å². The monoisotopic (exact) mass is 450 g/mol. The molecule has 6 nitrogen and oxygen atoms in total. The van der Waals surface area contributed by atoms with Crippen molar-refractivity contribution in [2.75, 3.05) is 40.4 Å². The SMILES string of the molecule is COc1ccc(C(=O)N2CCN(C(=O)c3ccc(Br)c(F)c3)CC2)cc1OC. The predicted octanol–water partition coefficient (Wildman–Crippen LogP) is 3.20. The molecule has 2 aromatic carbocycles. The normalized spacial score (nSPS) is 14.0. The Balaban J connectivity index is 1.65. The van der Waals surface area contributed by atoms with E-state index >= 15 is 0 Å². The van der Waals surface area contributed by atoms with Gasteiger partial charge in [-0.05, 0) is 52.3 Å². The zero-order chi connectivity index (χ0) is 20.3. The van der Waals surface area contributed by atoms with Crippen LogP contribution in [0.15, 0.2) is 40.9 Å². The summed E-state index contributed by atoms with van der Waals surface area (Å²) in [4.78, 5) is 28.7. The molecule has 0 bridgehead atoms. The van der Waals surface area contributed by atoms with Crippen molar-refractivity contribution < 1.29 is 23.5 Å². The maximum absolute atomic E-state index is 13.7. The van der Waals surface area contributed by atoms with Gasteiger partial charge in [0.1, 0.15) is 5.82 Å². The Labute approximate surface area is 171 Å². The first-order valence-electron chi connectivity index (χ1n) is 8.70. The molecule has 0 aliphatic carbocycles. The van der Waals surface area contributed by atoms with E-state index in [2.05, 4.69) is 15.9 Å². The summed E-state index contributed by atoms with van der Waals surface area (Å²) in [6.45, 7) is 1.57. The zero-order valence-electron chi connectivity index (χ0n) is 15.6. The van der Waals surface area contributed by atoms with Gasteiger partial charge in [0.15, 0.2) is 11.5 Å². The number of ether oxygens (including phenoxy) is 2. The van der Waals surface area contributed by atoms with Crippen LogP contribution in [0.3, 0.4) is 0 Å². The molecule has 0 unspecified atom stereocenters. The van der Waals surface area contributed by atoms with Crippen LogP contribution in [0, 0.1) is 5.82 Å². The van der Waals surface area contributed by atoms with E-state index in [0.717, 1.165) is 0 Å². The van der Waals surface area contributed by atoms with Crippen molar-refractivity contribution in [1.82, 2.24) is 9.80 Å². The number of rotatable bonds is 4. The summed E-state index contributed by atoms with van der Waals surface area (Å²) in [5.41, 5.74) is 0.785. The molecular formula is C20H20BrFN2O4. The van der Waals surface area contributed by atoms with Gasteiger partial charge in [0, 0.05) is 37.3 Å². The first-order chi connectivity index (χ1) is 13.4. The summed E-state index contributed by atoms with van der Waals surface area (Å²) < 4.78 is 24.4. The van der Waals surface area contributed by atoms with Gasteiger partial charge >= 0.3 is 0 Å². The average Bonchev–Trinajstić information content (AvgIpc) is 2.74. The minimum Gasteiger partial charge on any atom is -0.493 e. The van der Waals surface area contributed by atoms with Crippen LogP contribution < -0.4 is 9.47 Å². The maximum atomic E-state index is 13.7. The lowest BCUT2D eigenvalue weighted by molar-refractivity contribution is 0.0535. The molecule has 0 spiro atoms. The highest BCUT2D eigenvalue weighted by Gasteiger charge is 2.26. The molecule has 0 radical (unpaired) electrons. The van der Waals surface area contributed by atoms with Crippen LogP contribution in [0.2, 0.25) is 0 Å². The molecule has 2 amide bonds. The number of piperazine rings is 1. The number of hydrogen-bond acceptors (Lipinski definition) is 4. The number of benzene rings is 2. The standard InChI is InChI=1S/C20H20BrFN2O4/c1-27-17-6-4-14(12-18(17)28-2)20(26)24-9-7-23(8-10-24)19(25)13-3-5-15(21)16(22)11-13/h3-6,11-12H,7-10H2,1-2H3. The maximum Gasteiger partial charge on any atom is 0.254 e. The molecule has 0 aromatic heterocycles. The quantitative estimate of drug-likeness (QED) is 0.717. The van der Waals surface area contributed by atoms with Crippen LogP contribution in [-0.4, -0.2) is 62.0 Å². The second-order valence-corrected chi connectivity index (χ2v) is 7.14. The summed E-state index contributed by atoms with van der Waals surface area (Å²) in [5, 5.41) is 0. The van der Waals surface area contributed by atoms with Gasteiger partial charge in [0.05, 0.1) is 18.7 Å². The van der Waals surface area contributed by atoms with Gasteiger partial charge in [0.25, 0.3) is 11.8 Å². The summed E-state index contributed by atoms with van der Waals surface area (Å²) >= 11 is 3.08. The summed E-state index contributed by atoms with van der Waals surface area (Å²) in [6.07, 6.45) is 0. The van der Waals surface area contributed by atoms with Gasteiger partial charge in [-0.1, -0.05) is 0 Å². The fraction of sp³-hybridized carbons (Fsp3) is 0.300. The van der Waals surface area contributed by atoms with Gasteiger partial charge < -0.3 is 19.3 Å². The summed E-state index contributed by atoms with van der Waals surface area (Å²) in [5.74, 6) is 0.177. The van der Waals surface area contributed by atoms with Crippen LogP contribution in [0.25, 0.3) is 0 Å². The molecule has 28 heavy (non-hydrogen) atoms. The Kier molecular flexibility index (Phi) is 6.18. The van der Waals surface area contributed by atoms with E-state index in [1.165, 1.54) is 26.4 Å². The lowest BCUT2D eigenvalue weighted by atomic mass is 10.1. The molecule has 0 saturated carbocycles. The van der Waals surface area contributed by atoms with E-state index in [1.807, 2.05) is 0 Å². The second kappa shape index (κ2) is 8.60. The molecule has 1 aliphatic rings. The van der Waals surface area contributed by atoms with Gasteiger partial charge in [-0.3, -0.25) is 9.59 Å². The largest absolute Gasteiger partial charge is 0.493 e. The highest BCUT2D eigenvalue weighted by atomic mass is 79.9. The average molecular weight is 451 g/mol. The van der Waals surface area contributed by atoms with Gasteiger partial charge in [-0.25, -0.2) is 4.39 Å². The highest BCUT2D eigenvalue weighted by Crippen LogP contribution is 2.28. The Hall–Kier alpha value is -2.61. The molecule has 1 aliphatic heterocycles. The third-order valence-electron chi connectivity index (χ3n) is 4.65. The molecule has 1 saturated heterocycles. The third kappa shape index (κ3) is 4.11. The second-order valence-electron chi connectivity index (χ2n) is 6.28. The van der Waals surface area contributed by atoms with Crippen molar-refractivity contribution in [2.24, 2.45) is 0 Å². The van der Waals surface area contributed by atoms with Crippen LogP contribution in [0.5, 0.6) is 11.5 Å². The van der Waals surface area contributed by atoms with Crippen LogP contribution in [0.4, 0.5) is 4.39 Å². The van der Waals surface area contributed by atoms with Gasteiger partial charge in [-0.2, -0.15) is 0 Å². The van der Waals surface area contributed by atoms with E-state index in [-0.39, 0.29) is 11.8 Å². The minimum atomic E-state index is -0.479. The van der Waals surface area contributed by atoms with E-state index in [1.54, 1.807) is 34.1 Å². The number of carbonyl (C=O) groups is 2. The first-order valence-corrected chi connectivity index (χ1v) is 9.49. The van der Waals surface area contributed by atoms with Crippen molar-refractivity contribution in [3.05, 3.63) is 57.8 Å².